The van der Waals surface area contributed by atoms with Gasteiger partial charge in [-0.25, -0.2) is 4.79 Å². The highest BCUT2D eigenvalue weighted by Gasteiger charge is 2.34. The van der Waals surface area contributed by atoms with Gasteiger partial charge in [-0.1, -0.05) is 32.0 Å². The van der Waals surface area contributed by atoms with Crippen LogP contribution in [0.25, 0.3) is 0 Å². The molecule has 1 aromatic rings. The third-order valence-corrected chi connectivity index (χ3v) is 4.48. The molecule has 0 aliphatic carbocycles. The number of piperidine rings is 1. The van der Waals surface area contributed by atoms with Gasteiger partial charge >= 0.3 is 12.3 Å². The van der Waals surface area contributed by atoms with Gasteiger partial charge in [0, 0.05) is 32.2 Å². The Morgan fingerprint density at radius 2 is 2.04 bits per heavy atom. The molecular formula is C18H25F3N2O2. The van der Waals surface area contributed by atoms with Crippen molar-refractivity contribution in [1.82, 2.24) is 9.80 Å². The molecule has 4 nitrogen and oxygen atoms in total. The Morgan fingerprint density at radius 3 is 2.64 bits per heavy atom. The van der Waals surface area contributed by atoms with Crippen molar-refractivity contribution >= 4 is 6.09 Å². The fourth-order valence-corrected chi connectivity index (χ4v) is 3.39. The minimum atomic E-state index is -4.39. The van der Waals surface area contributed by atoms with Crippen molar-refractivity contribution < 1.29 is 23.1 Å². The molecule has 1 amide bonds. The van der Waals surface area contributed by atoms with Gasteiger partial charge in [-0.3, -0.25) is 4.90 Å². The average Bonchev–Trinajstić information content (AvgIpc) is 2.53. The average molecular weight is 358 g/mol. The van der Waals surface area contributed by atoms with E-state index in [-0.39, 0.29) is 24.1 Å². The van der Waals surface area contributed by atoms with Crippen LogP contribution in [0.1, 0.15) is 37.8 Å². The number of amides is 1. The van der Waals surface area contributed by atoms with E-state index >= 15 is 0 Å². The van der Waals surface area contributed by atoms with Gasteiger partial charge in [0.15, 0.2) is 0 Å². The molecule has 0 radical (unpaired) electrons. The summed E-state index contributed by atoms with van der Waals surface area (Å²) >= 11 is 0. The summed E-state index contributed by atoms with van der Waals surface area (Å²) in [6.07, 6.45) is -3.83. The molecule has 1 atom stereocenters. The van der Waals surface area contributed by atoms with E-state index < -0.39 is 17.8 Å². The summed E-state index contributed by atoms with van der Waals surface area (Å²) in [4.78, 5) is 14.6. The van der Waals surface area contributed by atoms with Crippen molar-refractivity contribution in [2.75, 3.05) is 19.6 Å². The second-order valence-electron chi connectivity index (χ2n) is 7.00. The summed E-state index contributed by atoms with van der Waals surface area (Å²) in [6.45, 7) is 5.66. The third-order valence-electron chi connectivity index (χ3n) is 4.48. The van der Waals surface area contributed by atoms with Crippen LogP contribution >= 0.6 is 0 Å². The van der Waals surface area contributed by atoms with E-state index in [2.05, 4.69) is 0 Å². The number of likely N-dealkylation sites (tertiary alicyclic amines) is 1. The molecule has 0 saturated carbocycles. The van der Waals surface area contributed by atoms with Crippen molar-refractivity contribution in [1.29, 1.82) is 0 Å². The first-order chi connectivity index (χ1) is 11.7. The van der Waals surface area contributed by atoms with Gasteiger partial charge in [-0.05, 0) is 30.4 Å². The van der Waals surface area contributed by atoms with Crippen LogP contribution in [0.4, 0.5) is 18.0 Å². The molecule has 1 heterocycles. The maximum Gasteiger partial charge on any atom is 0.416 e. The summed E-state index contributed by atoms with van der Waals surface area (Å²) in [7, 11) is 0. The van der Waals surface area contributed by atoms with Gasteiger partial charge < -0.3 is 10.0 Å². The second kappa shape index (κ2) is 8.08. The van der Waals surface area contributed by atoms with E-state index in [4.69, 9.17) is 0 Å². The Labute approximate surface area is 146 Å². The predicted octanol–water partition coefficient (Wildman–Crippen LogP) is 4.31. The Kier molecular flexibility index (Phi) is 6.32. The molecule has 0 unspecified atom stereocenters. The van der Waals surface area contributed by atoms with Crippen LogP contribution in [0.2, 0.25) is 0 Å². The monoisotopic (exact) mass is 358 g/mol. The lowest BCUT2D eigenvalue weighted by atomic mass is 10.00. The predicted molar refractivity (Wildman–Crippen MR) is 89.3 cm³/mol. The molecule has 2 rings (SSSR count). The smallest absolute Gasteiger partial charge is 0.416 e. The minimum Gasteiger partial charge on any atom is -0.465 e. The zero-order valence-electron chi connectivity index (χ0n) is 14.6. The number of rotatable bonds is 5. The molecule has 1 aromatic carbocycles. The number of halogens is 3. The van der Waals surface area contributed by atoms with Gasteiger partial charge in [0.1, 0.15) is 0 Å². The Morgan fingerprint density at radius 1 is 1.36 bits per heavy atom. The lowest BCUT2D eigenvalue weighted by molar-refractivity contribution is -0.138. The largest absolute Gasteiger partial charge is 0.465 e. The highest BCUT2D eigenvalue weighted by Crippen LogP contribution is 2.33. The summed E-state index contributed by atoms with van der Waals surface area (Å²) in [5.41, 5.74) is -0.377. The van der Waals surface area contributed by atoms with Crippen molar-refractivity contribution in [3.8, 4) is 0 Å². The molecule has 1 aliphatic heterocycles. The van der Waals surface area contributed by atoms with Crippen LogP contribution in [-0.4, -0.2) is 46.7 Å². The lowest BCUT2D eigenvalue weighted by Crippen LogP contribution is -2.50. The summed E-state index contributed by atoms with van der Waals surface area (Å²) in [6, 6.07) is 5.56. The fourth-order valence-electron chi connectivity index (χ4n) is 3.39. The van der Waals surface area contributed by atoms with Crippen molar-refractivity contribution in [3.05, 3.63) is 35.4 Å². The molecule has 1 saturated heterocycles. The van der Waals surface area contributed by atoms with Gasteiger partial charge in [-0.15, -0.1) is 0 Å². The van der Waals surface area contributed by atoms with E-state index in [1.54, 1.807) is 6.07 Å². The van der Waals surface area contributed by atoms with Crippen molar-refractivity contribution in [3.63, 3.8) is 0 Å². The zero-order valence-corrected chi connectivity index (χ0v) is 14.6. The minimum absolute atomic E-state index is 0.0615. The highest BCUT2D eigenvalue weighted by molar-refractivity contribution is 5.65. The summed E-state index contributed by atoms with van der Waals surface area (Å²) in [5.74, 6) is 0.276. The molecule has 140 valence electrons. The Hall–Kier alpha value is -1.76. The van der Waals surface area contributed by atoms with Crippen LogP contribution in [-0.2, 0) is 12.7 Å². The maximum atomic E-state index is 13.3. The Bertz CT molecular complexity index is 590. The van der Waals surface area contributed by atoms with Gasteiger partial charge in [0.25, 0.3) is 0 Å². The Balaban J connectivity index is 2.23. The van der Waals surface area contributed by atoms with Gasteiger partial charge in [0.05, 0.1) is 5.56 Å². The number of carboxylic acid groups (broad SMARTS) is 1. The normalized spacial score (nSPS) is 18.8. The molecule has 25 heavy (non-hydrogen) atoms. The zero-order chi connectivity index (χ0) is 18.6. The molecule has 0 aromatic heterocycles. The van der Waals surface area contributed by atoms with E-state index in [1.807, 2.05) is 18.7 Å². The summed E-state index contributed by atoms with van der Waals surface area (Å²) < 4.78 is 39.8. The molecular weight excluding hydrogens is 333 g/mol. The van der Waals surface area contributed by atoms with Crippen LogP contribution < -0.4 is 0 Å². The number of carbonyl (C=O) groups is 1. The SMILES string of the molecule is CC(C)CN(Cc1ccccc1C(F)(F)F)[C@H]1CCCN(C(=O)O)C1. The quantitative estimate of drug-likeness (QED) is 0.853. The van der Waals surface area contributed by atoms with Gasteiger partial charge in [0.2, 0.25) is 0 Å². The highest BCUT2D eigenvalue weighted by atomic mass is 19.4. The van der Waals surface area contributed by atoms with Crippen LogP contribution in [0.3, 0.4) is 0 Å². The van der Waals surface area contributed by atoms with Crippen LogP contribution in [0.15, 0.2) is 24.3 Å². The van der Waals surface area contributed by atoms with E-state index in [0.717, 1.165) is 18.9 Å². The summed E-state index contributed by atoms with van der Waals surface area (Å²) in [5, 5.41) is 9.22. The van der Waals surface area contributed by atoms with Crippen LogP contribution in [0, 0.1) is 5.92 Å². The number of alkyl halides is 3. The lowest BCUT2D eigenvalue weighted by Gasteiger charge is -2.39. The van der Waals surface area contributed by atoms with E-state index in [9.17, 15) is 23.1 Å². The molecule has 0 spiro atoms. The first kappa shape index (κ1) is 19.6. The maximum absolute atomic E-state index is 13.3. The molecule has 1 fully saturated rings. The van der Waals surface area contributed by atoms with Crippen molar-refractivity contribution in [2.45, 2.75) is 45.5 Å². The first-order valence-corrected chi connectivity index (χ1v) is 8.55. The number of hydrogen-bond acceptors (Lipinski definition) is 2. The molecule has 7 heteroatoms. The first-order valence-electron chi connectivity index (χ1n) is 8.55. The third kappa shape index (κ3) is 5.36. The molecule has 1 N–H and O–H groups in total. The second-order valence-corrected chi connectivity index (χ2v) is 7.00. The number of hydrogen-bond donors (Lipinski definition) is 1. The standard InChI is InChI=1S/C18H25F3N2O2/c1-13(2)10-23(15-7-5-9-22(12-15)17(24)25)11-14-6-3-4-8-16(14)18(19,20)21/h3-4,6,8,13,15H,5,7,9-12H2,1-2H3,(H,24,25)/t15-/m0/s1. The fraction of sp³-hybridized carbons (Fsp3) is 0.611. The van der Waals surface area contributed by atoms with Crippen molar-refractivity contribution in [2.24, 2.45) is 5.92 Å². The topological polar surface area (TPSA) is 43.8 Å². The van der Waals surface area contributed by atoms with E-state index in [1.165, 1.54) is 17.0 Å². The molecule has 1 aliphatic rings. The number of nitrogens with zero attached hydrogens (tertiary/aromatic N) is 2. The molecule has 0 bridgehead atoms. The van der Waals surface area contributed by atoms with Crippen LogP contribution in [0.5, 0.6) is 0 Å². The van der Waals surface area contributed by atoms with E-state index in [0.29, 0.717) is 19.6 Å². The van der Waals surface area contributed by atoms with Gasteiger partial charge in [-0.2, -0.15) is 13.2 Å². The number of benzene rings is 1.